The molecule has 0 fully saturated rings. The van der Waals surface area contributed by atoms with Crippen LogP contribution in [0.25, 0.3) is 10.2 Å². The van der Waals surface area contributed by atoms with Crippen molar-refractivity contribution in [2.75, 3.05) is 25.3 Å². The zero-order valence-corrected chi connectivity index (χ0v) is 22.1. The second kappa shape index (κ2) is 10.4. The van der Waals surface area contributed by atoms with Crippen LogP contribution >= 0.6 is 11.3 Å². The number of benzene rings is 2. The summed E-state index contributed by atoms with van der Waals surface area (Å²) in [4.78, 5) is 24.3. The van der Waals surface area contributed by atoms with E-state index in [1.807, 2.05) is 25.1 Å². The summed E-state index contributed by atoms with van der Waals surface area (Å²) in [6.45, 7) is 2.87. The molecule has 0 aliphatic carbocycles. The van der Waals surface area contributed by atoms with Crippen molar-refractivity contribution in [3.05, 3.63) is 72.1 Å². The second-order valence-electron chi connectivity index (χ2n) is 8.63. The first kappa shape index (κ1) is 25.1. The summed E-state index contributed by atoms with van der Waals surface area (Å²) in [5.74, 6) is 0.968. The van der Waals surface area contributed by atoms with Crippen molar-refractivity contribution in [3.8, 4) is 11.5 Å². The Labute approximate surface area is 219 Å². The predicted octanol–water partition coefficient (Wildman–Crippen LogP) is 4.69. The average Bonchev–Trinajstić information content (AvgIpc) is 3.55. The fraction of sp³-hybridized carbons (Fsp3) is 0.269. The highest BCUT2D eigenvalue weighted by molar-refractivity contribution is 7.89. The van der Waals surface area contributed by atoms with Crippen molar-refractivity contribution in [1.82, 2.24) is 14.3 Å². The maximum Gasteiger partial charge on any atom is 0.260 e. The summed E-state index contributed by atoms with van der Waals surface area (Å²) in [6, 6.07) is 13.4. The van der Waals surface area contributed by atoms with Crippen LogP contribution in [0.2, 0.25) is 0 Å². The molecule has 0 N–H and O–H groups in total. The van der Waals surface area contributed by atoms with Gasteiger partial charge in [-0.3, -0.25) is 14.7 Å². The Hall–Kier alpha value is -3.54. The molecule has 1 aliphatic rings. The number of sulfonamides is 1. The second-order valence-corrected chi connectivity index (χ2v) is 11.7. The van der Waals surface area contributed by atoms with Crippen LogP contribution in [0.15, 0.2) is 65.8 Å². The van der Waals surface area contributed by atoms with Gasteiger partial charge in [0, 0.05) is 43.7 Å². The molecule has 37 heavy (non-hydrogen) atoms. The Kier molecular flexibility index (Phi) is 7.09. The van der Waals surface area contributed by atoms with E-state index in [2.05, 4.69) is 4.98 Å². The van der Waals surface area contributed by atoms with Gasteiger partial charge in [-0.25, -0.2) is 17.7 Å². The number of fused-ring (bicyclic) bond motifs is 2. The number of hydrogen-bond acceptors (Lipinski definition) is 8. The minimum Gasteiger partial charge on any atom is -0.454 e. The van der Waals surface area contributed by atoms with Crippen molar-refractivity contribution in [2.45, 2.75) is 31.2 Å². The van der Waals surface area contributed by atoms with E-state index in [-0.39, 0.29) is 24.1 Å². The van der Waals surface area contributed by atoms with E-state index in [9.17, 15) is 13.2 Å². The number of unbranched alkanes of at least 4 members (excludes halogenated alkanes) is 1. The molecule has 0 unspecified atom stereocenters. The van der Waals surface area contributed by atoms with Crippen LogP contribution in [-0.4, -0.2) is 49.0 Å². The van der Waals surface area contributed by atoms with Gasteiger partial charge >= 0.3 is 0 Å². The minimum absolute atomic E-state index is 0.149. The highest BCUT2D eigenvalue weighted by atomic mass is 32.2. The number of aromatic nitrogens is 2. The van der Waals surface area contributed by atoms with Crippen molar-refractivity contribution >= 4 is 42.6 Å². The number of ether oxygens (including phenoxy) is 2. The largest absolute Gasteiger partial charge is 0.454 e. The number of rotatable bonds is 9. The minimum atomic E-state index is -3.63. The molecule has 0 bridgehead atoms. The third kappa shape index (κ3) is 5.15. The number of nitrogens with zero attached hydrogens (tertiary/aromatic N) is 4. The summed E-state index contributed by atoms with van der Waals surface area (Å²) >= 11 is 1.37. The van der Waals surface area contributed by atoms with E-state index >= 15 is 0 Å². The van der Waals surface area contributed by atoms with Gasteiger partial charge in [0.15, 0.2) is 16.6 Å². The van der Waals surface area contributed by atoms with Gasteiger partial charge in [-0.2, -0.15) is 0 Å². The fourth-order valence-electron chi connectivity index (χ4n) is 3.93. The first-order valence-electron chi connectivity index (χ1n) is 11.8. The molecule has 192 valence electrons. The number of pyridine rings is 1. The monoisotopic (exact) mass is 538 g/mol. The van der Waals surface area contributed by atoms with Gasteiger partial charge in [0.05, 0.1) is 21.7 Å². The number of anilines is 1. The average molecular weight is 539 g/mol. The van der Waals surface area contributed by atoms with Gasteiger partial charge in [0.1, 0.15) is 0 Å². The summed E-state index contributed by atoms with van der Waals surface area (Å²) in [7, 11) is -2.06. The highest BCUT2D eigenvalue weighted by Crippen LogP contribution is 2.40. The zero-order chi connectivity index (χ0) is 26.0. The molecule has 2 aromatic carbocycles. The van der Waals surface area contributed by atoms with Crippen LogP contribution < -0.4 is 14.4 Å². The van der Waals surface area contributed by atoms with E-state index in [1.165, 1.54) is 27.8 Å². The van der Waals surface area contributed by atoms with Gasteiger partial charge in [-0.15, -0.1) is 0 Å². The Balaban J connectivity index is 1.47. The Morgan fingerprint density at radius 3 is 2.57 bits per heavy atom. The van der Waals surface area contributed by atoms with Crippen LogP contribution in [0.5, 0.6) is 11.5 Å². The standard InChI is InChI=1S/C26H26N4O5S2/c1-3-4-12-29(2)37(32,33)20-9-7-19(8-10-20)25(31)30(16-18-6-5-11-27-15-18)26-28-21-13-22-23(35-17-34-22)14-24(21)36-26/h5-11,13-15H,3-4,12,16-17H2,1-2H3. The number of carbonyl (C=O) groups is 1. The molecule has 2 aromatic heterocycles. The van der Waals surface area contributed by atoms with E-state index in [0.717, 1.165) is 23.1 Å². The smallest absolute Gasteiger partial charge is 0.260 e. The summed E-state index contributed by atoms with van der Waals surface area (Å²) in [5, 5.41) is 0.503. The van der Waals surface area contributed by atoms with Crippen LogP contribution in [0, 0.1) is 0 Å². The number of amides is 1. The highest BCUT2D eigenvalue weighted by Gasteiger charge is 2.25. The molecule has 0 saturated carbocycles. The fourth-order valence-corrected chi connectivity index (χ4v) is 6.11. The third-order valence-corrected chi connectivity index (χ3v) is 8.96. The van der Waals surface area contributed by atoms with Gasteiger partial charge < -0.3 is 9.47 Å². The van der Waals surface area contributed by atoms with Gasteiger partial charge in [-0.1, -0.05) is 30.7 Å². The molecular formula is C26H26N4O5S2. The van der Waals surface area contributed by atoms with Gasteiger partial charge in [0.25, 0.3) is 5.91 Å². The molecule has 0 radical (unpaired) electrons. The molecule has 11 heteroatoms. The van der Waals surface area contributed by atoms with Crippen LogP contribution in [0.4, 0.5) is 5.13 Å². The van der Waals surface area contributed by atoms with Crippen molar-refractivity contribution in [1.29, 1.82) is 0 Å². The third-order valence-electron chi connectivity index (χ3n) is 6.05. The summed E-state index contributed by atoms with van der Waals surface area (Å²) in [6.07, 6.45) is 5.05. The predicted molar refractivity (Wildman–Crippen MR) is 142 cm³/mol. The molecular weight excluding hydrogens is 512 g/mol. The van der Waals surface area contributed by atoms with Gasteiger partial charge in [0.2, 0.25) is 16.8 Å². The normalized spacial score (nSPS) is 12.8. The number of carbonyl (C=O) groups excluding carboxylic acids is 1. The molecule has 0 atom stereocenters. The van der Waals surface area contributed by atoms with E-state index in [1.54, 1.807) is 42.5 Å². The van der Waals surface area contributed by atoms with E-state index < -0.39 is 10.0 Å². The maximum atomic E-state index is 13.7. The molecule has 4 aromatic rings. The first-order chi connectivity index (χ1) is 17.9. The zero-order valence-electron chi connectivity index (χ0n) is 20.5. The number of thiazole rings is 1. The Bertz CT molecular complexity index is 1480. The van der Waals surface area contributed by atoms with E-state index in [0.29, 0.717) is 34.3 Å². The van der Waals surface area contributed by atoms with Crippen LogP contribution in [0.3, 0.4) is 0 Å². The SMILES string of the molecule is CCCCN(C)S(=O)(=O)c1ccc(C(=O)N(Cc2cccnc2)c2nc3cc4c(cc3s2)OCO4)cc1. The molecule has 3 heterocycles. The van der Waals surface area contributed by atoms with Crippen molar-refractivity contribution < 1.29 is 22.7 Å². The molecule has 1 aliphatic heterocycles. The lowest BCUT2D eigenvalue weighted by molar-refractivity contribution is 0.0985. The first-order valence-corrected chi connectivity index (χ1v) is 14.1. The molecule has 0 spiro atoms. The van der Waals surface area contributed by atoms with Crippen molar-refractivity contribution in [2.24, 2.45) is 0 Å². The maximum absolute atomic E-state index is 13.7. The number of hydrogen-bond donors (Lipinski definition) is 0. The lowest BCUT2D eigenvalue weighted by atomic mass is 10.2. The van der Waals surface area contributed by atoms with Crippen molar-refractivity contribution in [3.63, 3.8) is 0 Å². The summed E-state index contributed by atoms with van der Waals surface area (Å²) in [5.41, 5.74) is 1.89. The van der Waals surface area contributed by atoms with E-state index in [4.69, 9.17) is 14.5 Å². The topological polar surface area (TPSA) is 102 Å². The lowest BCUT2D eigenvalue weighted by Gasteiger charge is -2.20. The van der Waals surface area contributed by atoms with Crippen LogP contribution in [0.1, 0.15) is 35.7 Å². The quantitative estimate of drug-likeness (QED) is 0.305. The lowest BCUT2D eigenvalue weighted by Crippen LogP contribution is -2.30. The molecule has 5 rings (SSSR count). The molecule has 0 saturated heterocycles. The summed E-state index contributed by atoms with van der Waals surface area (Å²) < 4.78 is 38.9. The van der Waals surface area contributed by atoms with Gasteiger partial charge in [-0.05, 0) is 42.3 Å². The Morgan fingerprint density at radius 1 is 1.11 bits per heavy atom. The molecule has 1 amide bonds. The molecule has 9 nitrogen and oxygen atoms in total. The van der Waals surface area contributed by atoms with Crippen LogP contribution in [-0.2, 0) is 16.6 Å². The Morgan fingerprint density at radius 2 is 1.86 bits per heavy atom.